The summed E-state index contributed by atoms with van der Waals surface area (Å²) in [6.07, 6.45) is 0. The van der Waals surface area contributed by atoms with Gasteiger partial charge in [-0.15, -0.1) is 0 Å². The van der Waals surface area contributed by atoms with E-state index in [1.807, 2.05) is 0 Å². The zero-order valence-corrected chi connectivity index (χ0v) is 13.0. The quantitative estimate of drug-likeness (QED) is 0.348. The second kappa shape index (κ2) is 5.93. The number of nitrogens with zero attached hydrogens (tertiary/aromatic N) is 4. The molecule has 0 saturated heterocycles. The standard InChI is InChI=1S/C15H8Cl2N4O2/c16-9-4-5-11(17)8(6-9)7-21-14(22)10-2-1-3-12(19-20-18)13(10)15(21)23/h1-6H,7H2. The third kappa shape index (κ3) is 2.64. The van der Waals surface area contributed by atoms with Crippen LogP contribution in [0.15, 0.2) is 41.5 Å². The van der Waals surface area contributed by atoms with Gasteiger partial charge in [-0.2, -0.15) is 0 Å². The van der Waals surface area contributed by atoms with Crippen LogP contribution in [0.1, 0.15) is 26.3 Å². The number of amides is 2. The maximum absolute atomic E-state index is 12.5. The summed E-state index contributed by atoms with van der Waals surface area (Å²) < 4.78 is 0. The number of azide groups is 1. The number of halogens is 2. The van der Waals surface area contributed by atoms with Crippen LogP contribution in [0.3, 0.4) is 0 Å². The van der Waals surface area contributed by atoms with Crippen LogP contribution in [0.2, 0.25) is 10.0 Å². The average Bonchev–Trinajstić information content (AvgIpc) is 2.77. The first-order valence-electron chi connectivity index (χ1n) is 6.51. The fourth-order valence-corrected chi connectivity index (χ4v) is 2.80. The van der Waals surface area contributed by atoms with Crippen molar-refractivity contribution >= 4 is 40.7 Å². The summed E-state index contributed by atoms with van der Waals surface area (Å²) in [5.41, 5.74) is 9.58. The molecule has 8 heteroatoms. The fourth-order valence-electron chi connectivity index (χ4n) is 2.43. The van der Waals surface area contributed by atoms with E-state index >= 15 is 0 Å². The van der Waals surface area contributed by atoms with Crippen LogP contribution in [0.5, 0.6) is 0 Å². The normalized spacial score (nSPS) is 13.0. The minimum Gasteiger partial charge on any atom is -0.270 e. The molecule has 0 aromatic heterocycles. The predicted octanol–water partition coefficient (Wildman–Crippen LogP) is 4.73. The zero-order chi connectivity index (χ0) is 16.6. The second-order valence-electron chi connectivity index (χ2n) is 4.82. The molecular weight excluding hydrogens is 339 g/mol. The summed E-state index contributed by atoms with van der Waals surface area (Å²) >= 11 is 12.0. The molecule has 2 aromatic rings. The van der Waals surface area contributed by atoms with Gasteiger partial charge in [0.05, 0.1) is 23.4 Å². The van der Waals surface area contributed by atoms with Crippen LogP contribution < -0.4 is 0 Å². The molecule has 2 amide bonds. The summed E-state index contributed by atoms with van der Waals surface area (Å²) in [5.74, 6) is -0.986. The maximum atomic E-state index is 12.5. The first kappa shape index (κ1) is 15.4. The Morgan fingerprint density at radius 3 is 2.65 bits per heavy atom. The largest absolute Gasteiger partial charge is 0.270 e. The first-order chi connectivity index (χ1) is 11.0. The molecule has 0 radical (unpaired) electrons. The van der Waals surface area contributed by atoms with E-state index in [1.54, 1.807) is 24.3 Å². The Morgan fingerprint density at radius 1 is 1.13 bits per heavy atom. The van der Waals surface area contributed by atoms with Crippen molar-refractivity contribution < 1.29 is 9.59 Å². The first-order valence-corrected chi connectivity index (χ1v) is 7.26. The Morgan fingerprint density at radius 2 is 1.91 bits per heavy atom. The lowest BCUT2D eigenvalue weighted by Crippen LogP contribution is -2.29. The van der Waals surface area contributed by atoms with E-state index < -0.39 is 11.8 Å². The summed E-state index contributed by atoms with van der Waals surface area (Å²) in [4.78, 5) is 28.7. The van der Waals surface area contributed by atoms with Crippen LogP contribution in [0.4, 0.5) is 5.69 Å². The molecular formula is C15H8Cl2N4O2. The van der Waals surface area contributed by atoms with Crippen LogP contribution >= 0.6 is 23.2 Å². The van der Waals surface area contributed by atoms with Gasteiger partial charge in [-0.1, -0.05) is 40.4 Å². The lowest BCUT2D eigenvalue weighted by Gasteiger charge is -2.15. The molecule has 0 spiro atoms. The van der Waals surface area contributed by atoms with Gasteiger partial charge in [0.1, 0.15) is 0 Å². The maximum Gasteiger partial charge on any atom is 0.262 e. The van der Waals surface area contributed by atoms with Gasteiger partial charge in [-0.25, -0.2) is 0 Å². The summed E-state index contributed by atoms with van der Waals surface area (Å²) in [5, 5.41) is 4.33. The minimum absolute atomic E-state index is 0.0125. The Bertz CT molecular complexity index is 891. The van der Waals surface area contributed by atoms with E-state index in [9.17, 15) is 9.59 Å². The van der Waals surface area contributed by atoms with E-state index in [0.717, 1.165) is 4.90 Å². The summed E-state index contributed by atoms with van der Waals surface area (Å²) in [6, 6.07) is 9.38. The molecule has 0 atom stereocenters. The van der Waals surface area contributed by atoms with Gasteiger partial charge in [0, 0.05) is 15.0 Å². The van der Waals surface area contributed by atoms with Gasteiger partial charge >= 0.3 is 0 Å². The van der Waals surface area contributed by atoms with Crippen molar-refractivity contribution in [3.8, 4) is 0 Å². The van der Waals surface area contributed by atoms with Crippen LogP contribution in [0.25, 0.3) is 10.4 Å². The molecule has 1 aliphatic rings. The lowest BCUT2D eigenvalue weighted by molar-refractivity contribution is 0.0642. The number of imide groups is 1. The molecule has 0 fully saturated rings. The Hall–Kier alpha value is -2.53. The molecule has 23 heavy (non-hydrogen) atoms. The van der Waals surface area contributed by atoms with Crippen LogP contribution in [0, 0.1) is 0 Å². The van der Waals surface area contributed by atoms with Gasteiger partial charge in [0.2, 0.25) is 0 Å². The van der Waals surface area contributed by atoms with E-state index in [2.05, 4.69) is 10.0 Å². The molecule has 1 aliphatic heterocycles. The Kier molecular flexibility index (Phi) is 3.96. The highest BCUT2D eigenvalue weighted by Crippen LogP contribution is 2.33. The molecule has 0 aliphatic carbocycles. The van der Waals surface area contributed by atoms with Gasteiger partial charge < -0.3 is 0 Å². The smallest absolute Gasteiger partial charge is 0.262 e. The Labute approximate surface area is 140 Å². The van der Waals surface area contributed by atoms with E-state index in [4.69, 9.17) is 28.7 Å². The molecule has 0 bridgehead atoms. The van der Waals surface area contributed by atoms with Gasteiger partial charge in [0.25, 0.3) is 11.8 Å². The van der Waals surface area contributed by atoms with Gasteiger partial charge in [-0.3, -0.25) is 14.5 Å². The van der Waals surface area contributed by atoms with Crippen molar-refractivity contribution in [3.05, 3.63) is 73.6 Å². The van der Waals surface area contributed by atoms with Gasteiger partial charge in [0.15, 0.2) is 0 Å². The lowest BCUT2D eigenvalue weighted by atomic mass is 10.1. The topological polar surface area (TPSA) is 86.1 Å². The predicted molar refractivity (Wildman–Crippen MR) is 85.9 cm³/mol. The zero-order valence-electron chi connectivity index (χ0n) is 11.5. The van der Waals surface area contributed by atoms with E-state index in [-0.39, 0.29) is 23.4 Å². The van der Waals surface area contributed by atoms with Crippen LogP contribution in [-0.2, 0) is 6.54 Å². The molecule has 114 valence electrons. The second-order valence-corrected chi connectivity index (χ2v) is 5.66. The summed E-state index contributed by atoms with van der Waals surface area (Å²) in [7, 11) is 0. The van der Waals surface area contributed by atoms with Crippen molar-refractivity contribution in [2.45, 2.75) is 6.54 Å². The Balaban J connectivity index is 2.02. The molecule has 0 saturated carbocycles. The van der Waals surface area contributed by atoms with Crippen molar-refractivity contribution in [3.63, 3.8) is 0 Å². The number of hydrogen-bond acceptors (Lipinski definition) is 3. The molecule has 0 N–H and O–H groups in total. The third-order valence-electron chi connectivity index (χ3n) is 3.47. The highest BCUT2D eigenvalue weighted by Gasteiger charge is 2.37. The number of hydrogen-bond donors (Lipinski definition) is 0. The van der Waals surface area contributed by atoms with Gasteiger partial charge in [-0.05, 0) is 35.4 Å². The van der Waals surface area contributed by atoms with Crippen LogP contribution in [-0.4, -0.2) is 16.7 Å². The minimum atomic E-state index is -0.524. The molecule has 3 rings (SSSR count). The van der Waals surface area contributed by atoms with Crippen molar-refractivity contribution in [1.82, 2.24) is 4.90 Å². The molecule has 6 nitrogen and oxygen atoms in total. The average molecular weight is 347 g/mol. The van der Waals surface area contributed by atoms with E-state index in [1.165, 1.54) is 12.1 Å². The molecule has 1 heterocycles. The van der Waals surface area contributed by atoms with Crippen molar-refractivity contribution in [1.29, 1.82) is 0 Å². The number of carbonyl (C=O) groups is 2. The molecule has 2 aromatic carbocycles. The molecule has 0 unspecified atom stereocenters. The summed E-state index contributed by atoms with van der Waals surface area (Å²) in [6.45, 7) is -0.0125. The van der Waals surface area contributed by atoms with Crippen molar-refractivity contribution in [2.75, 3.05) is 0 Å². The highest BCUT2D eigenvalue weighted by molar-refractivity contribution is 6.33. The number of benzene rings is 2. The number of carbonyl (C=O) groups excluding carboxylic acids is 2. The highest BCUT2D eigenvalue weighted by atomic mass is 35.5. The number of fused-ring (bicyclic) bond motifs is 1. The fraction of sp³-hybridized carbons (Fsp3) is 0.0667. The number of rotatable bonds is 3. The third-order valence-corrected chi connectivity index (χ3v) is 4.07. The van der Waals surface area contributed by atoms with Crippen molar-refractivity contribution in [2.24, 2.45) is 5.11 Å². The SMILES string of the molecule is [N-]=[N+]=Nc1cccc2c1C(=O)N(Cc1cc(Cl)ccc1Cl)C2=O. The van der Waals surface area contributed by atoms with E-state index in [0.29, 0.717) is 15.6 Å². The monoisotopic (exact) mass is 346 g/mol.